The highest BCUT2D eigenvalue weighted by Gasteiger charge is 2.24. The third kappa shape index (κ3) is 5.54. The van der Waals surface area contributed by atoms with Crippen LogP contribution in [0.1, 0.15) is 35.3 Å². The summed E-state index contributed by atoms with van der Waals surface area (Å²) in [6.45, 7) is 1.96. The molecule has 0 bridgehead atoms. The molecule has 2 rings (SSSR count). The molecule has 1 N–H and O–H groups in total. The summed E-state index contributed by atoms with van der Waals surface area (Å²) in [7, 11) is 4.41. The standard InChI is InChI=1S/C21H24ClNO6/c1-5-29-19(24)12-16(14-8-6-7-9-15(14)22)23-21(25)13-10-17(26-2)20(28-4)18(11-13)27-3/h6-11,16H,5,12H2,1-4H3,(H,23,25). The van der Waals surface area contributed by atoms with Crippen molar-refractivity contribution < 1.29 is 28.5 Å². The van der Waals surface area contributed by atoms with Crippen molar-refractivity contribution in [1.29, 1.82) is 0 Å². The van der Waals surface area contributed by atoms with E-state index in [2.05, 4.69) is 5.32 Å². The van der Waals surface area contributed by atoms with Crippen LogP contribution in [0.2, 0.25) is 5.02 Å². The van der Waals surface area contributed by atoms with Crippen molar-refractivity contribution in [2.75, 3.05) is 27.9 Å². The number of carbonyl (C=O) groups is 2. The largest absolute Gasteiger partial charge is 0.493 e. The van der Waals surface area contributed by atoms with Gasteiger partial charge in [0.2, 0.25) is 5.75 Å². The Morgan fingerprint density at radius 1 is 1.03 bits per heavy atom. The van der Waals surface area contributed by atoms with Crippen LogP contribution < -0.4 is 19.5 Å². The summed E-state index contributed by atoms with van der Waals surface area (Å²) >= 11 is 6.28. The predicted molar refractivity (Wildman–Crippen MR) is 109 cm³/mol. The minimum absolute atomic E-state index is 0.0618. The number of ether oxygens (including phenoxy) is 4. The van der Waals surface area contributed by atoms with Gasteiger partial charge in [-0.2, -0.15) is 0 Å². The lowest BCUT2D eigenvalue weighted by Gasteiger charge is -2.20. The first-order chi connectivity index (χ1) is 13.9. The molecule has 0 aromatic heterocycles. The summed E-state index contributed by atoms with van der Waals surface area (Å²) in [5.74, 6) is 0.190. The Balaban J connectivity index is 2.36. The number of hydrogen-bond acceptors (Lipinski definition) is 6. The molecule has 0 heterocycles. The molecule has 0 radical (unpaired) electrons. The molecule has 0 aliphatic carbocycles. The molecule has 0 aliphatic rings. The molecule has 7 nitrogen and oxygen atoms in total. The second kappa shape index (κ2) is 10.6. The number of hydrogen-bond donors (Lipinski definition) is 1. The molecule has 0 saturated carbocycles. The Morgan fingerprint density at radius 3 is 2.17 bits per heavy atom. The number of benzene rings is 2. The smallest absolute Gasteiger partial charge is 0.308 e. The van der Waals surface area contributed by atoms with Gasteiger partial charge in [0.1, 0.15) is 0 Å². The molecule has 156 valence electrons. The van der Waals surface area contributed by atoms with Crippen LogP contribution in [0.5, 0.6) is 17.2 Å². The highest BCUT2D eigenvalue weighted by atomic mass is 35.5. The fourth-order valence-corrected chi connectivity index (χ4v) is 3.10. The van der Waals surface area contributed by atoms with Gasteiger partial charge in [-0.15, -0.1) is 0 Å². The summed E-state index contributed by atoms with van der Waals surface area (Å²) in [6, 6.07) is 9.39. The average molecular weight is 422 g/mol. The van der Waals surface area contributed by atoms with Gasteiger partial charge in [-0.3, -0.25) is 9.59 Å². The van der Waals surface area contributed by atoms with Crippen molar-refractivity contribution in [3.05, 3.63) is 52.5 Å². The highest BCUT2D eigenvalue weighted by molar-refractivity contribution is 6.31. The topological polar surface area (TPSA) is 83.1 Å². The van der Waals surface area contributed by atoms with Crippen LogP contribution in [0.25, 0.3) is 0 Å². The van der Waals surface area contributed by atoms with Crippen molar-refractivity contribution in [3.8, 4) is 17.2 Å². The third-order valence-corrected chi connectivity index (χ3v) is 4.53. The summed E-state index contributed by atoms with van der Waals surface area (Å²) < 4.78 is 20.9. The number of halogens is 1. The van der Waals surface area contributed by atoms with E-state index in [4.69, 9.17) is 30.5 Å². The Labute approximate surface area is 174 Å². The van der Waals surface area contributed by atoms with Gasteiger partial charge >= 0.3 is 5.97 Å². The molecule has 0 fully saturated rings. The lowest BCUT2D eigenvalue weighted by Crippen LogP contribution is -2.31. The first kappa shape index (κ1) is 22.4. The molecule has 2 aromatic rings. The van der Waals surface area contributed by atoms with E-state index in [9.17, 15) is 9.59 Å². The zero-order valence-electron chi connectivity index (χ0n) is 16.8. The summed E-state index contributed by atoms with van der Waals surface area (Å²) in [4.78, 5) is 25.0. The number of esters is 1. The second-order valence-electron chi connectivity index (χ2n) is 5.97. The molecular formula is C21H24ClNO6. The van der Waals surface area contributed by atoms with Crippen LogP contribution in [-0.2, 0) is 9.53 Å². The number of rotatable bonds is 9. The lowest BCUT2D eigenvalue weighted by molar-refractivity contribution is -0.143. The molecule has 1 unspecified atom stereocenters. The second-order valence-corrected chi connectivity index (χ2v) is 6.38. The van der Waals surface area contributed by atoms with E-state index < -0.39 is 17.9 Å². The van der Waals surface area contributed by atoms with Crippen LogP contribution in [0.3, 0.4) is 0 Å². The molecule has 8 heteroatoms. The summed E-state index contributed by atoms with van der Waals surface area (Å²) in [6.07, 6.45) is -0.0618. The Hall–Kier alpha value is -2.93. The van der Waals surface area contributed by atoms with Crippen LogP contribution in [-0.4, -0.2) is 39.8 Å². The maximum Gasteiger partial charge on any atom is 0.308 e. The fourth-order valence-electron chi connectivity index (χ4n) is 2.84. The maximum absolute atomic E-state index is 13.0. The Kier molecular flexibility index (Phi) is 8.15. The summed E-state index contributed by atoms with van der Waals surface area (Å²) in [5, 5.41) is 3.28. The van der Waals surface area contributed by atoms with Gasteiger partial charge < -0.3 is 24.3 Å². The van der Waals surface area contributed by atoms with Gasteiger partial charge in [0.15, 0.2) is 11.5 Å². The fraction of sp³-hybridized carbons (Fsp3) is 0.333. The van der Waals surface area contributed by atoms with E-state index in [1.807, 2.05) is 0 Å². The lowest BCUT2D eigenvalue weighted by atomic mass is 10.0. The quantitative estimate of drug-likeness (QED) is 0.620. The molecule has 0 saturated heterocycles. The van der Waals surface area contributed by atoms with E-state index in [1.165, 1.54) is 33.5 Å². The van der Waals surface area contributed by atoms with Gasteiger partial charge in [-0.05, 0) is 30.7 Å². The number of methoxy groups -OCH3 is 3. The Bertz CT molecular complexity index is 845. The van der Waals surface area contributed by atoms with E-state index in [-0.39, 0.29) is 18.6 Å². The first-order valence-corrected chi connectivity index (χ1v) is 9.33. The minimum Gasteiger partial charge on any atom is -0.493 e. The van der Waals surface area contributed by atoms with Gasteiger partial charge in [-0.1, -0.05) is 29.8 Å². The first-order valence-electron chi connectivity index (χ1n) is 8.96. The normalized spacial score (nSPS) is 11.3. The maximum atomic E-state index is 13.0. The molecule has 0 spiro atoms. The molecule has 29 heavy (non-hydrogen) atoms. The highest BCUT2D eigenvalue weighted by Crippen LogP contribution is 2.38. The van der Waals surface area contributed by atoms with Crippen molar-refractivity contribution in [3.63, 3.8) is 0 Å². The summed E-state index contributed by atoms with van der Waals surface area (Å²) in [5.41, 5.74) is 0.892. The van der Waals surface area contributed by atoms with Crippen LogP contribution in [0.4, 0.5) is 0 Å². The molecule has 1 atom stereocenters. The number of amides is 1. The van der Waals surface area contributed by atoms with Crippen molar-refractivity contribution in [1.82, 2.24) is 5.32 Å². The van der Waals surface area contributed by atoms with Crippen molar-refractivity contribution >= 4 is 23.5 Å². The number of nitrogens with one attached hydrogen (secondary N) is 1. The zero-order chi connectivity index (χ0) is 21.4. The molecule has 1 amide bonds. The van der Waals surface area contributed by atoms with E-state index in [0.29, 0.717) is 27.8 Å². The van der Waals surface area contributed by atoms with Crippen LogP contribution >= 0.6 is 11.6 Å². The molecular weight excluding hydrogens is 398 g/mol. The van der Waals surface area contributed by atoms with E-state index >= 15 is 0 Å². The van der Waals surface area contributed by atoms with Gasteiger partial charge in [-0.25, -0.2) is 0 Å². The monoisotopic (exact) mass is 421 g/mol. The van der Waals surface area contributed by atoms with Crippen molar-refractivity contribution in [2.24, 2.45) is 0 Å². The predicted octanol–water partition coefficient (Wildman–Crippen LogP) is 3.79. The number of carbonyl (C=O) groups excluding carboxylic acids is 2. The van der Waals surface area contributed by atoms with Crippen LogP contribution in [0.15, 0.2) is 36.4 Å². The third-order valence-electron chi connectivity index (χ3n) is 4.19. The zero-order valence-corrected chi connectivity index (χ0v) is 17.5. The minimum atomic E-state index is -0.672. The van der Waals surface area contributed by atoms with Crippen LogP contribution in [0, 0.1) is 0 Å². The van der Waals surface area contributed by atoms with E-state index in [1.54, 1.807) is 31.2 Å². The molecule has 0 aliphatic heterocycles. The van der Waals surface area contributed by atoms with Gasteiger partial charge in [0.05, 0.1) is 40.4 Å². The van der Waals surface area contributed by atoms with Gasteiger partial charge in [0.25, 0.3) is 5.91 Å². The van der Waals surface area contributed by atoms with E-state index in [0.717, 1.165) is 0 Å². The average Bonchev–Trinajstić information content (AvgIpc) is 2.72. The SMILES string of the molecule is CCOC(=O)CC(NC(=O)c1cc(OC)c(OC)c(OC)c1)c1ccccc1Cl. The molecule has 2 aromatic carbocycles. The van der Waals surface area contributed by atoms with Crippen molar-refractivity contribution in [2.45, 2.75) is 19.4 Å². The Morgan fingerprint density at radius 2 is 1.66 bits per heavy atom. The van der Waals surface area contributed by atoms with Gasteiger partial charge in [0, 0.05) is 10.6 Å².